The maximum atomic E-state index is 14.0. The van der Waals surface area contributed by atoms with Gasteiger partial charge in [0.25, 0.3) is 11.5 Å². The van der Waals surface area contributed by atoms with Crippen LogP contribution in [0, 0.1) is 11.8 Å². The van der Waals surface area contributed by atoms with E-state index in [9.17, 15) is 9.59 Å². The molecule has 214 valence electrons. The van der Waals surface area contributed by atoms with Crippen molar-refractivity contribution in [1.29, 1.82) is 0 Å². The molecule has 4 aromatic rings. The van der Waals surface area contributed by atoms with Gasteiger partial charge in [0.05, 0.1) is 28.7 Å². The molecule has 3 aromatic heterocycles. The first-order valence-corrected chi connectivity index (χ1v) is 13.9. The van der Waals surface area contributed by atoms with E-state index in [0.29, 0.717) is 47.0 Å². The highest BCUT2D eigenvalue weighted by Gasteiger charge is 2.25. The van der Waals surface area contributed by atoms with E-state index < -0.39 is 11.9 Å². The topological polar surface area (TPSA) is 141 Å². The molecule has 0 radical (unpaired) electrons. The monoisotopic (exact) mass is 574 g/mol. The van der Waals surface area contributed by atoms with Crippen LogP contribution in [0.2, 0.25) is 0 Å². The van der Waals surface area contributed by atoms with Crippen molar-refractivity contribution in [3.05, 3.63) is 76.1 Å². The second-order valence-corrected chi connectivity index (χ2v) is 10.9. The average molecular weight is 575 g/mol. The fourth-order valence-electron chi connectivity index (χ4n) is 4.35. The Morgan fingerprint density at radius 2 is 2.07 bits per heavy atom. The van der Waals surface area contributed by atoms with Gasteiger partial charge in [-0.15, -0.1) is 6.58 Å². The lowest BCUT2D eigenvalue weighted by atomic mass is 10.1. The molecule has 0 aliphatic carbocycles. The summed E-state index contributed by atoms with van der Waals surface area (Å²) in [7, 11) is 7.40. The maximum absolute atomic E-state index is 14.0. The molecule has 0 saturated heterocycles. The highest BCUT2D eigenvalue weighted by Crippen LogP contribution is 2.23. The van der Waals surface area contributed by atoms with Gasteiger partial charge in [-0.05, 0) is 33.2 Å². The summed E-state index contributed by atoms with van der Waals surface area (Å²) in [5.41, 5.74) is 7.88. The summed E-state index contributed by atoms with van der Waals surface area (Å²) in [5.74, 6) is 7.37. The fourth-order valence-corrected chi connectivity index (χ4v) is 4.97. The van der Waals surface area contributed by atoms with E-state index in [1.165, 1.54) is 4.68 Å². The third-order valence-corrected chi connectivity index (χ3v) is 7.06. The zero-order valence-corrected chi connectivity index (χ0v) is 24.6. The number of amides is 1. The number of hydrogen-bond acceptors (Lipinski definition) is 9. The summed E-state index contributed by atoms with van der Waals surface area (Å²) >= 11 is 1.58. The van der Waals surface area contributed by atoms with Crippen molar-refractivity contribution in [1.82, 2.24) is 38.7 Å². The molecule has 0 spiro atoms. The maximum Gasteiger partial charge on any atom is 0.262 e. The van der Waals surface area contributed by atoms with Crippen LogP contribution in [-0.2, 0) is 20.6 Å². The molecule has 1 amide bonds. The molecule has 12 nitrogen and oxygen atoms in total. The van der Waals surface area contributed by atoms with E-state index in [1.807, 2.05) is 43.8 Å². The van der Waals surface area contributed by atoms with Gasteiger partial charge in [-0.3, -0.25) is 27.8 Å². The molecule has 1 unspecified atom stereocenters. The minimum atomic E-state index is -0.624. The van der Waals surface area contributed by atoms with Crippen molar-refractivity contribution in [3.8, 4) is 11.8 Å². The van der Waals surface area contributed by atoms with Crippen molar-refractivity contribution >= 4 is 40.4 Å². The molecule has 3 heterocycles. The Hall–Kier alpha value is -4.54. The van der Waals surface area contributed by atoms with Crippen molar-refractivity contribution in [2.24, 2.45) is 14.1 Å². The number of rotatable bonds is 10. The van der Waals surface area contributed by atoms with Gasteiger partial charge >= 0.3 is 0 Å². The highest BCUT2D eigenvalue weighted by atomic mass is 32.2. The number of nitrogens with two attached hydrogens (primary N) is 1. The number of benzene rings is 1. The largest absolute Gasteiger partial charge is 0.381 e. The number of carbonyl (C=O) groups excluding carboxylic acids is 1. The van der Waals surface area contributed by atoms with Gasteiger partial charge in [-0.25, -0.2) is 4.98 Å². The summed E-state index contributed by atoms with van der Waals surface area (Å²) in [6.07, 6.45) is 5.15. The number of nitrogens with zero attached hydrogens (tertiary/aromatic N) is 7. The number of aryl methyl sites for hydroxylation is 2. The van der Waals surface area contributed by atoms with E-state index in [2.05, 4.69) is 39.3 Å². The Morgan fingerprint density at radius 1 is 1.29 bits per heavy atom. The summed E-state index contributed by atoms with van der Waals surface area (Å²) in [6.45, 7) is 6.30. The second kappa shape index (κ2) is 12.8. The Morgan fingerprint density at radius 3 is 2.76 bits per heavy atom. The van der Waals surface area contributed by atoms with Crippen LogP contribution in [0.25, 0.3) is 10.9 Å². The number of hydrogen-bond donors (Lipinski definition) is 3. The van der Waals surface area contributed by atoms with Gasteiger partial charge in [-0.2, -0.15) is 10.2 Å². The summed E-state index contributed by atoms with van der Waals surface area (Å²) in [6, 6.07) is 4.77. The zero-order chi connectivity index (χ0) is 29.7. The van der Waals surface area contributed by atoms with Crippen LogP contribution in [0.5, 0.6) is 0 Å². The second-order valence-electron chi connectivity index (χ2n) is 9.52. The van der Waals surface area contributed by atoms with Gasteiger partial charge in [0.1, 0.15) is 17.2 Å². The van der Waals surface area contributed by atoms with Gasteiger partial charge in [-0.1, -0.05) is 35.9 Å². The first kappa shape index (κ1) is 29.4. The molecule has 0 aliphatic heterocycles. The van der Waals surface area contributed by atoms with Crippen molar-refractivity contribution in [2.45, 2.75) is 19.5 Å². The van der Waals surface area contributed by atoms with Gasteiger partial charge in [0.15, 0.2) is 5.82 Å². The molecule has 0 bridgehead atoms. The molecule has 1 aromatic carbocycles. The van der Waals surface area contributed by atoms with E-state index in [-0.39, 0.29) is 16.9 Å². The number of fused-ring (bicyclic) bond motifs is 1. The fraction of sp³-hybridized carbons (Fsp3) is 0.321. The average Bonchev–Trinajstić information content (AvgIpc) is 3.47. The minimum absolute atomic E-state index is 0.0897. The van der Waals surface area contributed by atoms with E-state index in [1.54, 1.807) is 53.5 Å². The van der Waals surface area contributed by atoms with Crippen LogP contribution in [-0.4, -0.2) is 65.7 Å². The Kier molecular flexibility index (Phi) is 9.16. The van der Waals surface area contributed by atoms with Crippen LogP contribution >= 0.6 is 11.9 Å². The SMILES string of the molecule is C=CCNc1c(C(=O)NC(C)c2nc3cccc(C#Cc4cnn(C)c4)c3c(=O)n2CCSN(C)C)c(N)nn1C. The Bertz CT molecular complexity index is 1710. The quantitative estimate of drug-likeness (QED) is 0.148. The van der Waals surface area contributed by atoms with E-state index >= 15 is 0 Å². The smallest absolute Gasteiger partial charge is 0.262 e. The lowest BCUT2D eigenvalue weighted by molar-refractivity contribution is 0.0939. The summed E-state index contributed by atoms with van der Waals surface area (Å²) in [5, 5.41) is 14.8. The predicted octanol–water partition coefficient (Wildman–Crippen LogP) is 2.14. The molecular weight excluding hydrogens is 540 g/mol. The first-order valence-electron chi connectivity index (χ1n) is 12.9. The van der Waals surface area contributed by atoms with Crippen molar-refractivity contribution in [3.63, 3.8) is 0 Å². The van der Waals surface area contributed by atoms with Gasteiger partial charge < -0.3 is 16.4 Å². The number of carbonyl (C=O) groups is 1. The number of nitrogen functional groups attached to an aromatic ring is 1. The van der Waals surface area contributed by atoms with Crippen molar-refractivity contribution in [2.75, 3.05) is 37.4 Å². The van der Waals surface area contributed by atoms with Crippen LogP contribution in [0.1, 0.15) is 40.3 Å². The highest BCUT2D eigenvalue weighted by molar-refractivity contribution is 7.96. The predicted molar refractivity (Wildman–Crippen MR) is 164 cm³/mol. The van der Waals surface area contributed by atoms with E-state index in [4.69, 9.17) is 10.7 Å². The molecular formula is C28H34N10O2S. The van der Waals surface area contributed by atoms with Crippen LogP contribution < -0.4 is 21.9 Å². The summed E-state index contributed by atoms with van der Waals surface area (Å²) < 4.78 is 6.76. The van der Waals surface area contributed by atoms with E-state index in [0.717, 1.165) is 5.56 Å². The third-order valence-electron chi connectivity index (χ3n) is 6.17. The van der Waals surface area contributed by atoms with Gasteiger partial charge in [0.2, 0.25) is 0 Å². The first-order chi connectivity index (χ1) is 19.6. The number of nitrogens with one attached hydrogen (secondary N) is 2. The normalized spacial score (nSPS) is 11.8. The lowest BCUT2D eigenvalue weighted by Crippen LogP contribution is -2.35. The number of aromatic nitrogens is 6. The molecule has 4 rings (SSSR count). The molecule has 13 heteroatoms. The van der Waals surface area contributed by atoms with Gasteiger partial charge in [0, 0.05) is 44.7 Å². The molecule has 4 N–H and O–H groups in total. The molecule has 1 atom stereocenters. The molecule has 0 fully saturated rings. The van der Waals surface area contributed by atoms with Crippen LogP contribution in [0.3, 0.4) is 0 Å². The third kappa shape index (κ3) is 6.62. The number of anilines is 2. The Balaban J connectivity index is 1.76. The summed E-state index contributed by atoms with van der Waals surface area (Å²) in [4.78, 5) is 32.3. The lowest BCUT2D eigenvalue weighted by Gasteiger charge is -2.20. The van der Waals surface area contributed by atoms with Crippen molar-refractivity contribution < 1.29 is 4.79 Å². The van der Waals surface area contributed by atoms with Crippen LogP contribution in [0.4, 0.5) is 11.6 Å². The molecule has 0 saturated carbocycles. The Labute approximate surface area is 242 Å². The minimum Gasteiger partial charge on any atom is -0.381 e. The zero-order valence-electron chi connectivity index (χ0n) is 23.8. The molecule has 0 aliphatic rings. The molecule has 41 heavy (non-hydrogen) atoms. The standard InChI is InChI=1S/C28H34N10O2S/c1-7-13-30-26-23(24(29)34-37(26)6)27(39)32-18(2)25-33-21-10-8-9-20(12-11-19-16-31-36(5)17-19)22(21)28(40)38(25)14-15-41-35(3)4/h7-10,16-18,30H,1,13-15H2,2-6H3,(H2,29,34)(H,32,39). The van der Waals surface area contributed by atoms with Crippen LogP contribution in [0.15, 0.2) is 48.0 Å².